The van der Waals surface area contributed by atoms with E-state index in [1.807, 2.05) is 0 Å². The molecule has 1 N–H and O–H groups in total. The van der Waals surface area contributed by atoms with Crippen molar-refractivity contribution in [2.45, 2.75) is 44.9 Å². The molecule has 96 valence electrons. The average Bonchev–Trinajstić information content (AvgIpc) is 2.53. The summed E-state index contributed by atoms with van der Waals surface area (Å²) in [6.45, 7) is 6.24. The molecule has 0 saturated heterocycles. The van der Waals surface area contributed by atoms with E-state index in [0.29, 0.717) is 13.1 Å². The fourth-order valence-corrected chi connectivity index (χ4v) is 3.44. The second-order valence-electron chi connectivity index (χ2n) is 5.43. The topological polar surface area (TPSA) is 66.1 Å². The molecule has 1 aliphatic heterocycles. The molecular formula is C11H19N3O2S. The van der Waals surface area contributed by atoms with E-state index in [2.05, 4.69) is 10.2 Å². The van der Waals surface area contributed by atoms with E-state index in [-0.39, 0.29) is 0 Å². The van der Waals surface area contributed by atoms with Gasteiger partial charge in [0, 0.05) is 24.3 Å². The number of aryl methyl sites for hydroxylation is 1. The van der Waals surface area contributed by atoms with Gasteiger partial charge >= 0.3 is 0 Å². The average molecular weight is 257 g/mol. The van der Waals surface area contributed by atoms with E-state index in [1.54, 1.807) is 31.3 Å². The molecule has 5 nitrogen and oxygen atoms in total. The van der Waals surface area contributed by atoms with Crippen molar-refractivity contribution in [1.82, 2.24) is 14.5 Å². The standard InChI is InChI=1S/C11H19N3O2S/c1-11(2,3)17(15,16)14-6-4-5-10-9(8-14)7-12-13-10/h7H,4-6,8H2,1-3H3,(H,12,13). The first-order chi connectivity index (χ1) is 7.82. The van der Waals surface area contributed by atoms with Crippen molar-refractivity contribution in [2.24, 2.45) is 0 Å². The third-order valence-corrected chi connectivity index (χ3v) is 5.64. The fourth-order valence-electron chi connectivity index (χ4n) is 1.98. The van der Waals surface area contributed by atoms with Crippen molar-refractivity contribution < 1.29 is 8.42 Å². The van der Waals surface area contributed by atoms with E-state index in [0.717, 1.165) is 24.1 Å². The number of aromatic amines is 1. The van der Waals surface area contributed by atoms with E-state index < -0.39 is 14.8 Å². The summed E-state index contributed by atoms with van der Waals surface area (Å²) in [6.07, 6.45) is 3.43. The zero-order valence-electron chi connectivity index (χ0n) is 10.5. The summed E-state index contributed by atoms with van der Waals surface area (Å²) >= 11 is 0. The predicted octanol–water partition coefficient (Wildman–Crippen LogP) is 1.29. The molecule has 0 fully saturated rings. The Bertz CT molecular complexity index is 499. The van der Waals surface area contributed by atoms with Gasteiger partial charge in [-0.1, -0.05) is 0 Å². The van der Waals surface area contributed by atoms with Crippen LogP contribution in [0.2, 0.25) is 0 Å². The Morgan fingerprint density at radius 1 is 1.41 bits per heavy atom. The second-order valence-corrected chi connectivity index (χ2v) is 8.12. The highest BCUT2D eigenvalue weighted by molar-refractivity contribution is 7.90. The van der Waals surface area contributed by atoms with Crippen molar-refractivity contribution in [3.8, 4) is 0 Å². The molecule has 1 aromatic heterocycles. The van der Waals surface area contributed by atoms with Crippen LogP contribution in [0.15, 0.2) is 6.20 Å². The van der Waals surface area contributed by atoms with E-state index in [9.17, 15) is 8.42 Å². The molecule has 2 heterocycles. The minimum atomic E-state index is -3.25. The largest absolute Gasteiger partial charge is 0.282 e. The molecule has 0 saturated carbocycles. The van der Waals surface area contributed by atoms with Gasteiger partial charge in [-0.15, -0.1) is 0 Å². The Labute approximate surface area is 102 Å². The molecule has 0 aromatic carbocycles. The van der Waals surface area contributed by atoms with Crippen LogP contribution in [0.5, 0.6) is 0 Å². The van der Waals surface area contributed by atoms with E-state index >= 15 is 0 Å². The van der Waals surface area contributed by atoms with Crippen molar-refractivity contribution in [3.63, 3.8) is 0 Å². The van der Waals surface area contributed by atoms with Crippen molar-refractivity contribution in [2.75, 3.05) is 6.54 Å². The highest BCUT2D eigenvalue weighted by Gasteiger charge is 2.36. The molecule has 1 aromatic rings. The molecule has 0 amide bonds. The normalized spacial score (nSPS) is 18.8. The lowest BCUT2D eigenvalue weighted by Gasteiger charge is -2.28. The summed E-state index contributed by atoms with van der Waals surface area (Å²) in [7, 11) is -3.25. The van der Waals surface area contributed by atoms with Crippen LogP contribution in [0, 0.1) is 0 Å². The van der Waals surface area contributed by atoms with Crippen LogP contribution >= 0.6 is 0 Å². The van der Waals surface area contributed by atoms with Crippen LogP contribution in [0.3, 0.4) is 0 Å². The van der Waals surface area contributed by atoms with Gasteiger partial charge in [-0.05, 0) is 33.6 Å². The molecule has 0 radical (unpaired) electrons. The first-order valence-electron chi connectivity index (χ1n) is 5.83. The molecule has 2 rings (SSSR count). The Morgan fingerprint density at radius 3 is 2.76 bits per heavy atom. The Hall–Kier alpha value is -0.880. The van der Waals surface area contributed by atoms with Gasteiger partial charge < -0.3 is 0 Å². The molecule has 17 heavy (non-hydrogen) atoms. The van der Waals surface area contributed by atoms with Gasteiger partial charge in [0.1, 0.15) is 0 Å². The van der Waals surface area contributed by atoms with Crippen LogP contribution < -0.4 is 0 Å². The smallest absolute Gasteiger partial charge is 0.219 e. The van der Waals surface area contributed by atoms with Gasteiger partial charge in [0.15, 0.2) is 0 Å². The van der Waals surface area contributed by atoms with Crippen LogP contribution in [0.1, 0.15) is 38.4 Å². The molecule has 0 unspecified atom stereocenters. The fraction of sp³-hybridized carbons (Fsp3) is 0.727. The zero-order chi connectivity index (χ0) is 12.7. The first kappa shape index (κ1) is 12.6. The number of hydrogen-bond acceptors (Lipinski definition) is 3. The summed E-state index contributed by atoms with van der Waals surface area (Å²) in [4.78, 5) is 0. The van der Waals surface area contributed by atoms with Gasteiger partial charge in [-0.25, -0.2) is 8.42 Å². The van der Waals surface area contributed by atoms with Gasteiger partial charge in [0.05, 0.1) is 10.9 Å². The maximum atomic E-state index is 12.4. The number of nitrogens with one attached hydrogen (secondary N) is 1. The Morgan fingerprint density at radius 2 is 2.12 bits per heavy atom. The summed E-state index contributed by atoms with van der Waals surface area (Å²) in [5.41, 5.74) is 2.06. The maximum absolute atomic E-state index is 12.4. The maximum Gasteiger partial charge on any atom is 0.219 e. The lowest BCUT2D eigenvalue weighted by molar-refractivity contribution is 0.392. The van der Waals surface area contributed by atoms with Crippen LogP contribution in [-0.2, 0) is 23.0 Å². The van der Waals surface area contributed by atoms with Crippen molar-refractivity contribution in [1.29, 1.82) is 0 Å². The van der Waals surface area contributed by atoms with Crippen LogP contribution in [0.25, 0.3) is 0 Å². The number of aromatic nitrogens is 2. The number of H-pyrrole nitrogens is 1. The van der Waals surface area contributed by atoms with Gasteiger partial charge in [0.2, 0.25) is 10.0 Å². The van der Waals surface area contributed by atoms with Crippen molar-refractivity contribution in [3.05, 3.63) is 17.5 Å². The Balaban J connectivity index is 2.31. The summed E-state index contributed by atoms with van der Waals surface area (Å²) in [5.74, 6) is 0. The van der Waals surface area contributed by atoms with E-state index in [4.69, 9.17) is 0 Å². The lowest BCUT2D eigenvalue weighted by Crippen LogP contribution is -2.42. The summed E-state index contributed by atoms with van der Waals surface area (Å²) in [6, 6.07) is 0. The third-order valence-electron chi connectivity index (χ3n) is 3.10. The zero-order valence-corrected chi connectivity index (χ0v) is 11.3. The summed E-state index contributed by atoms with van der Waals surface area (Å²) in [5, 5.41) is 6.91. The first-order valence-corrected chi connectivity index (χ1v) is 7.27. The quantitative estimate of drug-likeness (QED) is 0.824. The number of hydrogen-bond donors (Lipinski definition) is 1. The van der Waals surface area contributed by atoms with Crippen molar-refractivity contribution >= 4 is 10.0 Å². The van der Waals surface area contributed by atoms with Gasteiger partial charge in [-0.2, -0.15) is 9.40 Å². The Kier molecular flexibility index (Phi) is 3.03. The number of fused-ring (bicyclic) bond motifs is 1. The molecule has 0 atom stereocenters. The minimum absolute atomic E-state index is 0.436. The number of rotatable bonds is 1. The number of sulfonamides is 1. The monoisotopic (exact) mass is 257 g/mol. The van der Waals surface area contributed by atoms with Gasteiger partial charge in [0.25, 0.3) is 0 Å². The molecular weight excluding hydrogens is 238 g/mol. The van der Waals surface area contributed by atoms with Crippen LogP contribution in [-0.4, -0.2) is 34.2 Å². The molecule has 1 aliphatic rings. The second kappa shape index (κ2) is 4.10. The van der Waals surface area contributed by atoms with E-state index in [1.165, 1.54) is 0 Å². The molecule has 0 aliphatic carbocycles. The predicted molar refractivity (Wildman–Crippen MR) is 66.0 cm³/mol. The third kappa shape index (κ3) is 2.24. The highest BCUT2D eigenvalue weighted by atomic mass is 32.2. The van der Waals surface area contributed by atoms with Crippen LogP contribution in [0.4, 0.5) is 0 Å². The van der Waals surface area contributed by atoms with Gasteiger partial charge in [-0.3, -0.25) is 5.10 Å². The SMILES string of the molecule is CC(C)(C)S(=O)(=O)N1CCCc2[nH]ncc2C1. The lowest BCUT2D eigenvalue weighted by atomic mass is 10.2. The molecule has 6 heteroatoms. The highest BCUT2D eigenvalue weighted by Crippen LogP contribution is 2.25. The number of nitrogens with zero attached hydrogens (tertiary/aromatic N) is 2. The molecule has 0 spiro atoms. The summed E-state index contributed by atoms with van der Waals surface area (Å²) < 4.78 is 25.6. The minimum Gasteiger partial charge on any atom is -0.282 e. The molecule has 0 bridgehead atoms.